The van der Waals surface area contributed by atoms with Gasteiger partial charge in [-0.25, -0.2) is 0 Å². The van der Waals surface area contributed by atoms with Gasteiger partial charge in [0.1, 0.15) is 5.76 Å². The van der Waals surface area contributed by atoms with Crippen molar-refractivity contribution in [3.63, 3.8) is 0 Å². The molecule has 1 amide bonds. The summed E-state index contributed by atoms with van der Waals surface area (Å²) in [5.74, 6) is 0.656. The van der Waals surface area contributed by atoms with Gasteiger partial charge >= 0.3 is 12.4 Å². The number of carbonyl (C=O) groups is 1. The van der Waals surface area contributed by atoms with Gasteiger partial charge in [-0.2, -0.15) is 26.3 Å². The number of amides is 1. The molecular weight excluding hydrogens is 462 g/mol. The summed E-state index contributed by atoms with van der Waals surface area (Å²) < 4.78 is 84.2. The van der Waals surface area contributed by atoms with Crippen LogP contribution in [0.2, 0.25) is 0 Å². The Labute approximate surface area is 194 Å². The number of rotatable bonds is 7. The number of nitrogens with one attached hydrogen (secondary N) is 1. The first kappa shape index (κ1) is 26.1. The normalized spacial score (nSPS) is 17.2. The van der Waals surface area contributed by atoms with Gasteiger partial charge < -0.3 is 9.73 Å². The fraction of sp³-hybridized carbons (Fsp3) is 0.542. The van der Waals surface area contributed by atoms with Gasteiger partial charge in [0.15, 0.2) is 0 Å². The summed E-state index contributed by atoms with van der Waals surface area (Å²) in [7, 11) is 0. The highest BCUT2D eigenvalue weighted by molar-refractivity contribution is 5.82. The van der Waals surface area contributed by atoms with Gasteiger partial charge in [0.2, 0.25) is 5.91 Å². The number of halogens is 6. The number of likely N-dealkylation sites (tertiary alicyclic amines) is 1. The quantitative estimate of drug-likeness (QED) is 0.466. The highest BCUT2D eigenvalue weighted by Gasteiger charge is 2.42. The SMILES string of the molecule is CC(C)CC1(C(=O)NCc2cc(C(F)(F)F)cc(C(F)(F)F)c2)CCN(Cc2ccco2)CC1. The lowest BCUT2D eigenvalue weighted by atomic mass is 9.72. The van der Waals surface area contributed by atoms with Gasteiger partial charge in [-0.15, -0.1) is 0 Å². The smallest absolute Gasteiger partial charge is 0.416 e. The summed E-state index contributed by atoms with van der Waals surface area (Å²) in [5, 5.41) is 2.62. The van der Waals surface area contributed by atoms with E-state index >= 15 is 0 Å². The van der Waals surface area contributed by atoms with E-state index in [1.807, 2.05) is 19.9 Å². The second-order valence-corrected chi connectivity index (χ2v) is 9.33. The van der Waals surface area contributed by atoms with Crippen molar-refractivity contribution >= 4 is 5.91 Å². The van der Waals surface area contributed by atoms with Crippen LogP contribution in [-0.4, -0.2) is 23.9 Å². The van der Waals surface area contributed by atoms with E-state index in [4.69, 9.17) is 4.42 Å². The van der Waals surface area contributed by atoms with Crippen molar-refractivity contribution in [2.45, 2.75) is 58.6 Å². The van der Waals surface area contributed by atoms with Crippen LogP contribution < -0.4 is 5.32 Å². The third-order valence-corrected chi connectivity index (χ3v) is 6.15. The first-order chi connectivity index (χ1) is 15.8. The maximum atomic E-state index is 13.2. The number of nitrogens with zero attached hydrogens (tertiary/aromatic N) is 1. The number of piperidine rings is 1. The first-order valence-electron chi connectivity index (χ1n) is 11.1. The van der Waals surface area contributed by atoms with E-state index < -0.39 is 35.4 Å². The number of benzene rings is 1. The third kappa shape index (κ3) is 6.55. The van der Waals surface area contributed by atoms with Crippen molar-refractivity contribution < 1.29 is 35.6 Å². The van der Waals surface area contributed by atoms with Crippen LogP contribution in [0.3, 0.4) is 0 Å². The van der Waals surface area contributed by atoms with Crippen LogP contribution in [0.25, 0.3) is 0 Å². The average Bonchev–Trinajstić information content (AvgIpc) is 3.24. The number of hydrogen-bond donors (Lipinski definition) is 1. The van der Waals surface area contributed by atoms with Crippen molar-refractivity contribution in [3.05, 3.63) is 59.0 Å². The zero-order valence-corrected chi connectivity index (χ0v) is 19.0. The van der Waals surface area contributed by atoms with E-state index in [-0.39, 0.29) is 23.5 Å². The van der Waals surface area contributed by atoms with Gasteiger partial charge in [0.25, 0.3) is 0 Å². The summed E-state index contributed by atoms with van der Waals surface area (Å²) >= 11 is 0. The van der Waals surface area contributed by atoms with E-state index in [1.165, 1.54) is 0 Å². The Morgan fingerprint density at radius 2 is 1.65 bits per heavy atom. The summed E-state index contributed by atoms with van der Waals surface area (Å²) in [6, 6.07) is 5.05. The average molecular weight is 490 g/mol. The number of hydrogen-bond acceptors (Lipinski definition) is 3. The van der Waals surface area contributed by atoms with E-state index in [2.05, 4.69) is 10.2 Å². The third-order valence-electron chi connectivity index (χ3n) is 6.15. The molecule has 1 aliphatic heterocycles. The molecule has 1 N–H and O–H groups in total. The minimum Gasteiger partial charge on any atom is -0.468 e. The van der Waals surface area contributed by atoms with Crippen molar-refractivity contribution in [2.75, 3.05) is 13.1 Å². The predicted molar refractivity (Wildman–Crippen MR) is 113 cm³/mol. The van der Waals surface area contributed by atoms with E-state index in [9.17, 15) is 31.1 Å². The van der Waals surface area contributed by atoms with Crippen LogP contribution in [0, 0.1) is 11.3 Å². The molecule has 10 heteroatoms. The Hall–Kier alpha value is -2.49. The van der Waals surface area contributed by atoms with Crippen LogP contribution >= 0.6 is 0 Å². The molecule has 188 valence electrons. The lowest BCUT2D eigenvalue weighted by molar-refractivity contribution is -0.143. The van der Waals surface area contributed by atoms with Gasteiger partial charge in [-0.05, 0) is 74.2 Å². The van der Waals surface area contributed by atoms with Crippen LogP contribution in [0.15, 0.2) is 41.0 Å². The Bertz CT molecular complexity index is 927. The Morgan fingerprint density at radius 3 is 2.12 bits per heavy atom. The van der Waals surface area contributed by atoms with E-state index in [0.717, 1.165) is 5.76 Å². The minimum absolute atomic E-state index is 0.0837. The van der Waals surface area contributed by atoms with E-state index in [0.29, 0.717) is 51.0 Å². The number of carbonyl (C=O) groups excluding carboxylic acids is 1. The zero-order valence-electron chi connectivity index (χ0n) is 19.0. The molecular formula is C24H28F6N2O2. The molecule has 2 aromatic rings. The summed E-state index contributed by atoms with van der Waals surface area (Å²) in [6.07, 6.45) is -6.63. The maximum Gasteiger partial charge on any atom is 0.416 e. The summed E-state index contributed by atoms with van der Waals surface area (Å²) in [6.45, 7) is 5.41. The predicted octanol–water partition coefficient (Wildman–Crippen LogP) is 6.26. The molecule has 0 unspecified atom stereocenters. The lowest BCUT2D eigenvalue weighted by Gasteiger charge is -2.41. The van der Waals surface area contributed by atoms with E-state index in [1.54, 1.807) is 12.3 Å². The summed E-state index contributed by atoms with van der Waals surface area (Å²) in [5.41, 5.74) is -3.77. The molecule has 0 aliphatic carbocycles. The van der Waals surface area contributed by atoms with Crippen LogP contribution in [0.5, 0.6) is 0 Å². The monoisotopic (exact) mass is 490 g/mol. The van der Waals surface area contributed by atoms with Crippen LogP contribution in [0.1, 0.15) is 55.6 Å². The molecule has 1 aromatic heterocycles. The zero-order chi connectivity index (χ0) is 25.1. The molecule has 0 bridgehead atoms. The highest BCUT2D eigenvalue weighted by Crippen LogP contribution is 2.39. The molecule has 1 aliphatic rings. The fourth-order valence-corrected chi connectivity index (χ4v) is 4.56. The molecule has 34 heavy (non-hydrogen) atoms. The Kier molecular flexibility index (Phi) is 7.69. The Balaban J connectivity index is 1.73. The molecule has 1 aromatic carbocycles. The lowest BCUT2D eigenvalue weighted by Crippen LogP contribution is -2.49. The largest absolute Gasteiger partial charge is 0.468 e. The molecule has 0 radical (unpaired) electrons. The number of alkyl halides is 6. The van der Waals surface area contributed by atoms with Gasteiger partial charge in [0, 0.05) is 6.54 Å². The molecule has 0 spiro atoms. The Morgan fingerprint density at radius 1 is 1.06 bits per heavy atom. The second-order valence-electron chi connectivity index (χ2n) is 9.33. The van der Waals surface area contributed by atoms with Gasteiger partial charge in [-0.3, -0.25) is 9.69 Å². The molecule has 4 nitrogen and oxygen atoms in total. The molecule has 1 saturated heterocycles. The number of furan rings is 1. The van der Waals surface area contributed by atoms with Gasteiger partial charge in [-0.1, -0.05) is 13.8 Å². The van der Waals surface area contributed by atoms with Crippen molar-refractivity contribution in [3.8, 4) is 0 Å². The fourth-order valence-electron chi connectivity index (χ4n) is 4.56. The van der Waals surface area contributed by atoms with Crippen LogP contribution in [0.4, 0.5) is 26.3 Å². The highest BCUT2D eigenvalue weighted by atomic mass is 19.4. The molecule has 2 heterocycles. The van der Waals surface area contributed by atoms with Crippen molar-refractivity contribution in [1.29, 1.82) is 0 Å². The maximum absolute atomic E-state index is 13.2. The first-order valence-corrected chi connectivity index (χ1v) is 11.1. The minimum atomic E-state index is -4.93. The topological polar surface area (TPSA) is 45.5 Å². The molecule has 0 saturated carbocycles. The van der Waals surface area contributed by atoms with Crippen LogP contribution in [-0.2, 0) is 30.2 Å². The second kappa shape index (κ2) is 10.0. The summed E-state index contributed by atoms with van der Waals surface area (Å²) in [4.78, 5) is 15.4. The standard InChI is InChI=1S/C24H28F6N2O2/c1-16(2)13-22(5-7-32(8-6-22)15-20-4-3-9-34-20)21(33)31-14-17-10-18(23(25,26)27)12-19(11-17)24(28,29)30/h3-4,9-12,16H,5-8,13-15H2,1-2H3,(H,31,33). The van der Waals surface area contributed by atoms with Gasteiger partial charge in [0.05, 0.1) is 29.3 Å². The molecule has 0 atom stereocenters. The molecule has 1 fully saturated rings. The molecule has 3 rings (SSSR count). The van der Waals surface area contributed by atoms with Crippen molar-refractivity contribution in [1.82, 2.24) is 10.2 Å². The van der Waals surface area contributed by atoms with Crippen molar-refractivity contribution in [2.24, 2.45) is 11.3 Å².